The molecule has 19 heavy (non-hydrogen) atoms. The van der Waals surface area contributed by atoms with Crippen molar-refractivity contribution in [1.29, 1.82) is 0 Å². The molecule has 0 aromatic carbocycles. The molecule has 1 atom stereocenters. The standard InChI is InChI=1S/C12H23NO6/c1-9(2)18-6-4-13(8-11(14)15)5-7-19-10(3)12(16)17/h9-10H,4-8H2,1-3H3,(H,14,15)(H,16,17). The summed E-state index contributed by atoms with van der Waals surface area (Å²) in [6, 6.07) is 0. The van der Waals surface area contributed by atoms with E-state index in [1.54, 1.807) is 4.90 Å². The second-order valence-corrected chi connectivity index (χ2v) is 4.44. The lowest BCUT2D eigenvalue weighted by atomic mass is 10.4. The van der Waals surface area contributed by atoms with Gasteiger partial charge in [0, 0.05) is 13.1 Å². The molecule has 0 saturated heterocycles. The molecular weight excluding hydrogens is 254 g/mol. The Morgan fingerprint density at radius 1 is 1.05 bits per heavy atom. The second-order valence-electron chi connectivity index (χ2n) is 4.44. The largest absolute Gasteiger partial charge is 0.480 e. The molecule has 0 saturated carbocycles. The molecule has 0 aromatic rings. The van der Waals surface area contributed by atoms with E-state index in [2.05, 4.69) is 0 Å². The van der Waals surface area contributed by atoms with Gasteiger partial charge < -0.3 is 19.7 Å². The number of nitrogens with zero attached hydrogens (tertiary/aromatic N) is 1. The van der Waals surface area contributed by atoms with Crippen LogP contribution in [0.4, 0.5) is 0 Å². The lowest BCUT2D eigenvalue weighted by Gasteiger charge is -2.21. The van der Waals surface area contributed by atoms with Crippen molar-refractivity contribution in [3.05, 3.63) is 0 Å². The molecule has 7 nitrogen and oxygen atoms in total. The van der Waals surface area contributed by atoms with E-state index in [9.17, 15) is 9.59 Å². The Bertz CT molecular complexity index is 281. The van der Waals surface area contributed by atoms with Crippen LogP contribution < -0.4 is 0 Å². The van der Waals surface area contributed by atoms with Crippen LogP contribution in [0.5, 0.6) is 0 Å². The van der Waals surface area contributed by atoms with Crippen molar-refractivity contribution in [1.82, 2.24) is 4.90 Å². The fraction of sp³-hybridized carbons (Fsp3) is 0.833. The van der Waals surface area contributed by atoms with Crippen molar-refractivity contribution in [3.8, 4) is 0 Å². The molecule has 1 unspecified atom stereocenters. The van der Waals surface area contributed by atoms with E-state index in [1.807, 2.05) is 13.8 Å². The summed E-state index contributed by atoms with van der Waals surface area (Å²) >= 11 is 0. The van der Waals surface area contributed by atoms with Crippen LogP contribution in [-0.2, 0) is 19.1 Å². The summed E-state index contributed by atoms with van der Waals surface area (Å²) in [5, 5.41) is 17.4. The summed E-state index contributed by atoms with van der Waals surface area (Å²) < 4.78 is 10.4. The lowest BCUT2D eigenvalue weighted by Crippen LogP contribution is -2.36. The monoisotopic (exact) mass is 277 g/mol. The van der Waals surface area contributed by atoms with E-state index < -0.39 is 18.0 Å². The molecule has 2 N–H and O–H groups in total. The van der Waals surface area contributed by atoms with Gasteiger partial charge in [0.2, 0.25) is 0 Å². The van der Waals surface area contributed by atoms with Crippen LogP contribution in [-0.4, -0.2) is 72.1 Å². The molecule has 0 radical (unpaired) electrons. The molecule has 0 rings (SSSR count). The van der Waals surface area contributed by atoms with Crippen molar-refractivity contribution >= 4 is 11.9 Å². The molecule has 0 aliphatic carbocycles. The maximum Gasteiger partial charge on any atom is 0.332 e. The second kappa shape index (κ2) is 9.71. The summed E-state index contributed by atoms with van der Waals surface area (Å²) in [6.45, 7) is 6.54. The highest BCUT2D eigenvalue weighted by Gasteiger charge is 2.13. The first-order valence-corrected chi connectivity index (χ1v) is 6.23. The van der Waals surface area contributed by atoms with Crippen LogP contribution >= 0.6 is 0 Å². The van der Waals surface area contributed by atoms with Gasteiger partial charge in [0.1, 0.15) is 0 Å². The minimum absolute atomic E-state index is 0.0926. The van der Waals surface area contributed by atoms with Gasteiger partial charge in [-0.1, -0.05) is 0 Å². The fourth-order valence-corrected chi connectivity index (χ4v) is 1.31. The molecule has 0 spiro atoms. The normalized spacial score (nSPS) is 12.9. The van der Waals surface area contributed by atoms with Gasteiger partial charge in [-0.25, -0.2) is 4.79 Å². The van der Waals surface area contributed by atoms with Crippen molar-refractivity contribution in [3.63, 3.8) is 0 Å². The zero-order valence-corrected chi connectivity index (χ0v) is 11.7. The highest BCUT2D eigenvalue weighted by atomic mass is 16.5. The van der Waals surface area contributed by atoms with Crippen LogP contribution in [0, 0.1) is 0 Å². The van der Waals surface area contributed by atoms with Crippen molar-refractivity contribution in [2.75, 3.05) is 32.8 Å². The minimum Gasteiger partial charge on any atom is -0.480 e. The van der Waals surface area contributed by atoms with E-state index in [0.717, 1.165) is 0 Å². The Kier molecular flexibility index (Phi) is 9.11. The van der Waals surface area contributed by atoms with E-state index in [1.165, 1.54) is 6.92 Å². The smallest absolute Gasteiger partial charge is 0.332 e. The molecule has 0 aliphatic rings. The number of carbonyl (C=O) groups is 2. The Labute approximate surface area is 113 Å². The van der Waals surface area contributed by atoms with Crippen LogP contribution in [0.15, 0.2) is 0 Å². The third-order valence-corrected chi connectivity index (χ3v) is 2.34. The van der Waals surface area contributed by atoms with E-state index in [0.29, 0.717) is 19.7 Å². The van der Waals surface area contributed by atoms with E-state index >= 15 is 0 Å². The average Bonchev–Trinajstić information content (AvgIpc) is 2.26. The van der Waals surface area contributed by atoms with Crippen LogP contribution in [0.3, 0.4) is 0 Å². The van der Waals surface area contributed by atoms with E-state index in [-0.39, 0.29) is 19.3 Å². The maximum atomic E-state index is 10.7. The quantitative estimate of drug-likeness (QED) is 0.560. The van der Waals surface area contributed by atoms with Crippen LogP contribution in [0.2, 0.25) is 0 Å². The molecular formula is C12H23NO6. The Balaban J connectivity index is 3.98. The predicted molar refractivity (Wildman–Crippen MR) is 68.2 cm³/mol. The van der Waals surface area contributed by atoms with Crippen molar-refractivity contribution in [2.24, 2.45) is 0 Å². The molecule has 0 heterocycles. The third kappa shape index (κ3) is 10.4. The summed E-state index contributed by atoms with van der Waals surface area (Å²) in [6.07, 6.45) is -0.798. The first-order valence-electron chi connectivity index (χ1n) is 6.23. The highest BCUT2D eigenvalue weighted by Crippen LogP contribution is 1.95. The highest BCUT2D eigenvalue weighted by molar-refractivity contribution is 5.71. The van der Waals surface area contributed by atoms with Crippen molar-refractivity contribution in [2.45, 2.75) is 33.0 Å². The Morgan fingerprint density at radius 3 is 2.00 bits per heavy atom. The molecule has 0 amide bonds. The Morgan fingerprint density at radius 2 is 1.58 bits per heavy atom. The SMILES string of the molecule is CC(C)OCCN(CCOC(C)C(=O)O)CC(=O)O. The molecule has 112 valence electrons. The summed E-state index contributed by atoms with van der Waals surface area (Å²) in [4.78, 5) is 22.9. The number of hydrogen-bond donors (Lipinski definition) is 2. The van der Waals surface area contributed by atoms with Gasteiger partial charge in [0.15, 0.2) is 6.10 Å². The summed E-state index contributed by atoms with van der Waals surface area (Å²) in [7, 11) is 0. The van der Waals surface area contributed by atoms with Gasteiger partial charge in [-0.05, 0) is 20.8 Å². The number of rotatable bonds is 11. The zero-order valence-electron chi connectivity index (χ0n) is 11.7. The Hall–Kier alpha value is -1.18. The number of carboxylic acids is 2. The average molecular weight is 277 g/mol. The molecule has 0 aromatic heterocycles. The van der Waals surface area contributed by atoms with Gasteiger partial charge in [0.05, 0.1) is 25.9 Å². The summed E-state index contributed by atoms with van der Waals surface area (Å²) in [5.41, 5.74) is 0. The molecule has 7 heteroatoms. The first-order chi connectivity index (χ1) is 8.82. The van der Waals surface area contributed by atoms with E-state index in [4.69, 9.17) is 19.7 Å². The zero-order chi connectivity index (χ0) is 14.8. The fourth-order valence-electron chi connectivity index (χ4n) is 1.31. The van der Waals surface area contributed by atoms with Crippen molar-refractivity contribution < 1.29 is 29.3 Å². The molecule has 0 fully saturated rings. The van der Waals surface area contributed by atoms with Gasteiger partial charge in [-0.3, -0.25) is 9.69 Å². The molecule has 0 aliphatic heterocycles. The number of hydrogen-bond acceptors (Lipinski definition) is 5. The predicted octanol–water partition coefficient (Wildman–Crippen LogP) is 0.288. The van der Waals surface area contributed by atoms with Crippen LogP contribution in [0.25, 0.3) is 0 Å². The third-order valence-electron chi connectivity index (χ3n) is 2.34. The lowest BCUT2D eigenvalue weighted by molar-refractivity contribution is -0.150. The molecule has 0 bridgehead atoms. The van der Waals surface area contributed by atoms with Gasteiger partial charge in [-0.2, -0.15) is 0 Å². The van der Waals surface area contributed by atoms with Gasteiger partial charge >= 0.3 is 11.9 Å². The van der Waals surface area contributed by atoms with Gasteiger partial charge in [0.25, 0.3) is 0 Å². The van der Waals surface area contributed by atoms with Crippen LogP contribution in [0.1, 0.15) is 20.8 Å². The number of carboxylic acid groups (broad SMARTS) is 2. The minimum atomic E-state index is -1.03. The number of aliphatic carboxylic acids is 2. The van der Waals surface area contributed by atoms with Gasteiger partial charge in [-0.15, -0.1) is 0 Å². The summed E-state index contributed by atoms with van der Waals surface area (Å²) in [5.74, 6) is -1.97. The number of ether oxygens (including phenoxy) is 2. The first kappa shape index (κ1) is 17.8. The topological polar surface area (TPSA) is 96.3 Å². The maximum absolute atomic E-state index is 10.7.